The number of rotatable bonds is 6. The van der Waals surface area contributed by atoms with Crippen LogP contribution in [0.2, 0.25) is 0 Å². The Morgan fingerprint density at radius 3 is 1.63 bits per heavy atom. The van der Waals surface area contributed by atoms with E-state index in [1.54, 1.807) is 6.08 Å². The van der Waals surface area contributed by atoms with Crippen molar-refractivity contribution in [3.63, 3.8) is 0 Å². The second-order valence-corrected chi connectivity index (χ2v) is 14.9. The van der Waals surface area contributed by atoms with Crippen LogP contribution in [0.15, 0.2) is 182 Å². The minimum Gasteiger partial charge on any atom is -0.309 e. The third-order valence-electron chi connectivity index (χ3n) is 11.4. The van der Waals surface area contributed by atoms with Crippen molar-refractivity contribution in [1.82, 2.24) is 24.1 Å². The Balaban J connectivity index is 1.08. The van der Waals surface area contributed by atoms with Gasteiger partial charge in [-0.1, -0.05) is 121 Å². The van der Waals surface area contributed by atoms with Crippen molar-refractivity contribution < 1.29 is 0 Å². The number of benzene rings is 8. The largest absolute Gasteiger partial charge is 0.309 e. The average molecular weight is 754 g/mol. The van der Waals surface area contributed by atoms with Gasteiger partial charge in [-0.2, -0.15) is 0 Å². The van der Waals surface area contributed by atoms with E-state index < -0.39 is 0 Å². The predicted molar refractivity (Wildman–Crippen MR) is 245 cm³/mol. The molecule has 0 bridgehead atoms. The lowest BCUT2D eigenvalue weighted by Crippen LogP contribution is -2.01. The summed E-state index contributed by atoms with van der Waals surface area (Å²) in [5, 5.41) is 7.15. The van der Waals surface area contributed by atoms with Crippen molar-refractivity contribution in [2.75, 3.05) is 0 Å². The molecule has 0 saturated carbocycles. The van der Waals surface area contributed by atoms with Gasteiger partial charge in [0, 0.05) is 49.6 Å². The molecule has 5 heteroatoms. The highest BCUT2D eigenvalue weighted by molar-refractivity contribution is 6.12. The third-order valence-corrected chi connectivity index (χ3v) is 11.4. The highest BCUT2D eigenvalue weighted by Crippen LogP contribution is 2.38. The van der Waals surface area contributed by atoms with Gasteiger partial charge in [0.1, 0.15) is 0 Å². The Labute approximate surface area is 341 Å². The van der Waals surface area contributed by atoms with Gasteiger partial charge in [-0.25, -0.2) is 15.0 Å². The molecule has 11 rings (SSSR count). The van der Waals surface area contributed by atoms with E-state index in [0.29, 0.717) is 17.5 Å². The van der Waals surface area contributed by atoms with Crippen LogP contribution < -0.4 is 0 Å². The lowest BCUT2D eigenvalue weighted by Gasteiger charge is -2.13. The van der Waals surface area contributed by atoms with E-state index in [4.69, 9.17) is 21.4 Å². The summed E-state index contributed by atoms with van der Waals surface area (Å²) in [7, 11) is 0. The summed E-state index contributed by atoms with van der Waals surface area (Å²) < 4.78 is 4.73. The molecule has 0 aliphatic carbocycles. The predicted octanol–water partition coefficient (Wildman–Crippen LogP) is 13.2. The summed E-state index contributed by atoms with van der Waals surface area (Å²) in [6.45, 7) is 2.07. The summed E-state index contributed by atoms with van der Waals surface area (Å²) in [5.74, 6) is 4.41. The number of terminal acetylenes is 1. The number of fused-ring (bicyclic) bond motifs is 7. The van der Waals surface area contributed by atoms with E-state index in [9.17, 15) is 0 Å². The third kappa shape index (κ3) is 5.78. The summed E-state index contributed by atoms with van der Waals surface area (Å²) in [4.78, 5) is 15.4. The molecule has 8 aromatic carbocycles. The molecule has 5 nitrogen and oxygen atoms in total. The molecule has 11 aromatic rings. The molecule has 0 spiro atoms. The highest BCUT2D eigenvalue weighted by Gasteiger charge is 2.18. The normalized spacial score (nSPS) is 11.7. The summed E-state index contributed by atoms with van der Waals surface area (Å²) >= 11 is 0. The summed E-state index contributed by atoms with van der Waals surface area (Å²) in [6.07, 6.45) is 9.25. The van der Waals surface area contributed by atoms with Gasteiger partial charge in [0.05, 0.1) is 22.1 Å². The number of hydrogen-bond donors (Lipinski definition) is 0. The minimum absolute atomic E-state index is 0.591. The van der Waals surface area contributed by atoms with Gasteiger partial charge >= 0.3 is 0 Å². The maximum atomic E-state index is 5.58. The van der Waals surface area contributed by atoms with Crippen LogP contribution >= 0.6 is 0 Å². The van der Waals surface area contributed by atoms with E-state index in [1.807, 2.05) is 6.08 Å². The fourth-order valence-electron chi connectivity index (χ4n) is 8.55. The Bertz CT molecular complexity index is 3490. The molecule has 3 heterocycles. The molecule has 0 saturated heterocycles. The molecule has 0 radical (unpaired) electrons. The van der Waals surface area contributed by atoms with Crippen molar-refractivity contribution in [3.8, 4) is 57.9 Å². The van der Waals surface area contributed by atoms with Crippen molar-refractivity contribution in [1.29, 1.82) is 0 Å². The van der Waals surface area contributed by atoms with Crippen molar-refractivity contribution in [2.45, 2.75) is 6.92 Å². The fourth-order valence-corrected chi connectivity index (χ4v) is 8.55. The zero-order valence-electron chi connectivity index (χ0n) is 32.2. The molecule has 276 valence electrons. The van der Waals surface area contributed by atoms with E-state index in [1.165, 1.54) is 32.6 Å². The molecular weight excluding hydrogens is 719 g/mol. The first-order chi connectivity index (χ1) is 29.1. The summed E-state index contributed by atoms with van der Waals surface area (Å²) in [6, 6.07) is 62.2. The van der Waals surface area contributed by atoms with Gasteiger partial charge in [-0.15, -0.1) is 6.42 Å². The Kier molecular flexibility index (Phi) is 8.02. The number of allylic oxidation sites excluding steroid dienone is 1. The molecule has 0 amide bonds. The maximum Gasteiger partial charge on any atom is 0.164 e. The second-order valence-electron chi connectivity index (χ2n) is 14.9. The van der Waals surface area contributed by atoms with Crippen LogP contribution in [-0.2, 0) is 0 Å². The highest BCUT2D eigenvalue weighted by atomic mass is 15.0. The SMILES string of the molecule is C#C/C=C\c1cc(-c2nc(-c3cccc(-n4c5ccccc5c5cc(-n6c7ccccc7c7ccccc76)ccc54)c3)nc(-c3ccc4ccccc4c3)n2)ccc1C. The van der Waals surface area contributed by atoms with Crippen LogP contribution in [0.25, 0.3) is 106 Å². The molecule has 0 atom stereocenters. The van der Waals surface area contributed by atoms with Crippen LogP contribution in [0, 0.1) is 19.3 Å². The minimum atomic E-state index is 0.591. The zero-order chi connectivity index (χ0) is 39.5. The van der Waals surface area contributed by atoms with Gasteiger partial charge in [-0.05, 0) is 102 Å². The number of nitrogens with zero attached hydrogens (tertiary/aromatic N) is 5. The first-order valence-electron chi connectivity index (χ1n) is 19.7. The van der Waals surface area contributed by atoms with Crippen LogP contribution in [0.4, 0.5) is 0 Å². The van der Waals surface area contributed by atoms with Crippen LogP contribution in [-0.4, -0.2) is 24.1 Å². The molecule has 59 heavy (non-hydrogen) atoms. The number of para-hydroxylation sites is 3. The first-order valence-corrected chi connectivity index (χ1v) is 19.7. The van der Waals surface area contributed by atoms with Gasteiger partial charge in [0.15, 0.2) is 17.5 Å². The van der Waals surface area contributed by atoms with Crippen LogP contribution in [0.5, 0.6) is 0 Å². The maximum absolute atomic E-state index is 5.58. The molecule has 3 aromatic heterocycles. The standard InChI is InChI=1S/C54H35N5/c1-3-4-14-37-31-40(26-25-35(37)2)53-55-52(56-54(57-53)41-28-27-36-15-5-6-16-38(36)32-41)39-17-13-18-42(33-39)58-50-24-12-9-21-46(50)47-34-43(29-30-51(47)58)59-48-22-10-7-19-44(48)45-20-8-11-23-49(45)59/h1,4-34H,2H3/b14-4-. The number of aromatic nitrogens is 5. The average Bonchev–Trinajstić information content (AvgIpc) is 3.81. The molecule has 0 aliphatic heterocycles. The van der Waals surface area contributed by atoms with Crippen LogP contribution in [0.1, 0.15) is 11.1 Å². The van der Waals surface area contributed by atoms with Crippen molar-refractivity contribution in [3.05, 3.63) is 193 Å². The van der Waals surface area contributed by atoms with Crippen molar-refractivity contribution in [2.24, 2.45) is 0 Å². The van der Waals surface area contributed by atoms with E-state index >= 15 is 0 Å². The lowest BCUT2D eigenvalue weighted by molar-refractivity contribution is 1.07. The van der Waals surface area contributed by atoms with Gasteiger partial charge in [0.25, 0.3) is 0 Å². The van der Waals surface area contributed by atoms with Gasteiger partial charge in [0.2, 0.25) is 0 Å². The summed E-state index contributed by atoms with van der Waals surface area (Å²) in [5.41, 5.74) is 11.6. The molecular formula is C54H35N5. The molecule has 0 N–H and O–H groups in total. The smallest absolute Gasteiger partial charge is 0.164 e. The monoisotopic (exact) mass is 753 g/mol. The van der Waals surface area contributed by atoms with E-state index in [-0.39, 0.29) is 0 Å². The zero-order valence-corrected chi connectivity index (χ0v) is 32.2. The molecule has 0 aliphatic rings. The lowest BCUT2D eigenvalue weighted by atomic mass is 10.0. The topological polar surface area (TPSA) is 48.5 Å². The van der Waals surface area contributed by atoms with E-state index in [0.717, 1.165) is 61.0 Å². The first kappa shape index (κ1) is 34.2. The Morgan fingerprint density at radius 2 is 0.966 bits per heavy atom. The number of aryl methyl sites for hydroxylation is 1. The second kappa shape index (κ2) is 13.8. The Morgan fingerprint density at radius 1 is 0.441 bits per heavy atom. The van der Waals surface area contributed by atoms with Crippen molar-refractivity contribution >= 4 is 60.5 Å². The van der Waals surface area contributed by atoms with E-state index in [2.05, 4.69) is 198 Å². The molecule has 0 unspecified atom stereocenters. The molecule has 0 fully saturated rings. The van der Waals surface area contributed by atoms with Gasteiger partial charge < -0.3 is 9.13 Å². The Hall–Kier alpha value is -8.07. The quantitative estimate of drug-likeness (QED) is 0.159. The number of hydrogen-bond acceptors (Lipinski definition) is 3. The fraction of sp³-hybridized carbons (Fsp3) is 0.0185. The van der Waals surface area contributed by atoms with Crippen LogP contribution in [0.3, 0.4) is 0 Å². The van der Waals surface area contributed by atoms with Gasteiger partial charge in [-0.3, -0.25) is 0 Å².